The lowest BCUT2D eigenvalue weighted by atomic mass is 9.83. The highest BCUT2D eigenvalue weighted by Crippen LogP contribution is 2.50. The first-order valence-electron chi connectivity index (χ1n) is 21.1. The number of fused-ring (bicyclic) bond motifs is 11. The van der Waals surface area contributed by atoms with E-state index < -0.39 is 0 Å². The van der Waals surface area contributed by atoms with Gasteiger partial charge in [-0.3, -0.25) is 0 Å². The highest BCUT2D eigenvalue weighted by atomic mass is 14.3. The fourth-order valence-electron chi connectivity index (χ4n) is 10.7. The second-order valence-corrected chi connectivity index (χ2v) is 19.6. The van der Waals surface area contributed by atoms with Gasteiger partial charge in [-0.1, -0.05) is 114 Å². The van der Waals surface area contributed by atoms with Gasteiger partial charge in [-0.05, 0) is 229 Å². The van der Waals surface area contributed by atoms with Gasteiger partial charge < -0.3 is 0 Å². The Morgan fingerprint density at radius 3 is 0.879 bits per heavy atom. The maximum atomic E-state index is 2.54. The second kappa shape index (κ2) is 11.8. The minimum absolute atomic E-state index is 0.00187. The van der Waals surface area contributed by atoms with Crippen LogP contribution in [0.1, 0.15) is 74.9 Å². The molecule has 0 bridgehead atoms. The lowest BCUT2D eigenvalue weighted by Gasteiger charge is -2.21. The summed E-state index contributed by atoms with van der Waals surface area (Å²) in [6, 6.07) is 47.7. The van der Waals surface area contributed by atoms with Crippen molar-refractivity contribution < 1.29 is 0 Å². The van der Waals surface area contributed by atoms with Crippen LogP contribution in [0.3, 0.4) is 0 Å². The molecule has 0 heteroatoms. The molecule has 0 fully saturated rings. The van der Waals surface area contributed by atoms with Crippen LogP contribution in [0, 0.1) is 27.7 Å². The molecule has 0 amide bonds. The van der Waals surface area contributed by atoms with E-state index in [0.29, 0.717) is 0 Å². The van der Waals surface area contributed by atoms with Crippen LogP contribution in [0.5, 0.6) is 0 Å². The molecule has 11 rings (SSSR count). The topological polar surface area (TPSA) is 0 Å². The molecule has 11 aromatic rings. The summed E-state index contributed by atoms with van der Waals surface area (Å²) in [5.74, 6) is 0. The standard InChI is InChI=1S/C58H50/c1-31-13-11-14-32(2)53(31)35-17-19-39-43(23-35)49-27-37(57(5,6)7)25-47-41-21-22-42-46(45(41)29-51(39)55(47)49)30-52-40-20-18-36(54-33(3)15-12-16-34(54)4)24-44(40)50-28-38(58(8,9)10)26-48(42)56(50)52/h11-30H,1-10H3. The Morgan fingerprint density at radius 1 is 0.276 bits per heavy atom. The minimum atomic E-state index is -0.00187. The van der Waals surface area contributed by atoms with Crippen molar-refractivity contribution >= 4 is 86.2 Å². The highest BCUT2D eigenvalue weighted by molar-refractivity contribution is 6.40. The van der Waals surface area contributed by atoms with Crippen LogP contribution in [0.15, 0.2) is 121 Å². The molecule has 282 valence electrons. The summed E-state index contributed by atoms with van der Waals surface area (Å²) in [4.78, 5) is 0. The van der Waals surface area contributed by atoms with E-state index in [0.717, 1.165) is 0 Å². The molecule has 0 N–H and O–H groups in total. The number of benzene rings is 9. The van der Waals surface area contributed by atoms with Crippen molar-refractivity contribution in [3.05, 3.63) is 155 Å². The smallest absolute Gasteiger partial charge is 0.00197 e. The van der Waals surface area contributed by atoms with Gasteiger partial charge in [-0.25, -0.2) is 0 Å². The van der Waals surface area contributed by atoms with Gasteiger partial charge in [0.1, 0.15) is 0 Å². The molecule has 0 aliphatic heterocycles. The van der Waals surface area contributed by atoms with E-state index in [-0.39, 0.29) is 10.8 Å². The quantitative estimate of drug-likeness (QED) is 0.155. The molecule has 0 spiro atoms. The fraction of sp³-hybridized carbons (Fsp3) is 0.207. The molecule has 58 heavy (non-hydrogen) atoms. The van der Waals surface area contributed by atoms with Crippen molar-refractivity contribution in [3.63, 3.8) is 0 Å². The molecule has 0 heterocycles. The van der Waals surface area contributed by atoms with Crippen molar-refractivity contribution in [1.82, 2.24) is 0 Å². The molecule has 0 aromatic heterocycles. The first-order chi connectivity index (χ1) is 27.7. The Hall–Kier alpha value is -5.98. The van der Waals surface area contributed by atoms with Crippen LogP contribution in [0.4, 0.5) is 0 Å². The van der Waals surface area contributed by atoms with Crippen LogP contribution >= 0.6 is 0 Å². The fourth-order valence-corrected chi connectivity index (χ4v) is 10.7. The molecule has 0 saturated heterocycles. The summed E-state index contributed by atoms with van der Waals surface area (Å²) in [6.07, 6.45) is 0. The lowest BCUT2D eigenvalue weighted by molar-refractivity contribution is 0.591. The molecular formula is C58H50. The molecule has 0 atom stereocenters. The van der Waals surface area contributed by atoms with Crippen LogP contribution < -0.4 is 0 Å². The predicted molar refractivity (Wildman–Crippen MR) is 256 cm³/mol. The van der Waals surface area contributed by atoms with Gasteiger partial charge in [0.05, 0.1) is 0 Å². The van der Waals surface area contributed by atoms with E-state index in [1.807, 2.05) is 0 Å². The monoisotopic (exact) mass is 746 g/mol. The van der Waals surface area contributed by atoms with Crippen LogP contribution in [0.2, 0.25) is 0 Å². The van der Waals surface area contributed by atoms with E-state index in [1.165, 1.54) is 142 Å². The first kappa shape index (κ1) is 35.2. The Bertz CT molecular complexity index is 3260. The van der Waals surface area contributed by atoms with Crippen molar-refractivity contribution in [2.75, 3.05) is 0 Å². The van der Waals surface area contributed by atoms with Gasteiger partial charge in [0.2, 0.25) is 0 Å². The summed E-state index contributed by atoms with van der Waals surface area (Å²) >= 11 is 0. The Balaban J connectivity index is 1.29. The first-order valence-corrected chi connectivity index (χ1v) is 21.1. The lowest BCUT2D eigenvalue weighted by Crippen LogP contribution is -2.10. The number of aryl methyl sites for hydroxylation is 4. The van der Waals surface area contributed by atoms with E-state index >= 15 is 0 Å². The number of hydrogen-bond donors (Lipinski definition) is 0. The molecule has 0 aliphatic rings. The zero-order valence-corrected chi connectivity index (χ0v) is 35.5. The normalized spacial score (nSPS) is 13.0. The summed E-state index contributed by atoms with van der Waals surface area (Å²) in [7, 11) is 0. The molecule has 0 aliphatic carbocycles. The summed E-state index contributed by atoms with van der Waals surface area (Å²) in [6.45, 7) is 23.1. The van der Waals surface area contributed by atoms with Gasteiger partial charge >= 0.3 is 0 Å². The van der Waals surface area contributed by atoms with E-state index in [4.69, 9.17) is 0 Å². The molecule has 0 radical (unpaired) electrons. The zero-order chi connectivity index (χ0) is 40.2. The minimum Gasteiger partial charge on any atom is -0.0617 e. The average molecular weight is 747 g/mol. The van der Waals surface area contributed by atoms with Crippen molar-refractivity contribution in [3.8, 4) is 22.3 Å². The van der Waals surface area contributed by atoms with Crippen molar-refractivity contribution in [2.24, 2.45) is 0 Å². The average Bonchev–Trinajstić information content (AvgIpc) is 3.66. The van der Waals surface area contributed by atoms with Crippen molar-refractivity contribution in [1.29, 1.82) is 0 Å². The molecule has 0 unspecified atom stereocenters. The Morgan fingerprint density at radius 2 is 0.552 bits per heavy atom. The predicted octanol–water partition coefficient (Wildman–Crippen LogP) is 17.0. The maximum Gasteiger partial charge on any atom is -0.00197 e. The summed E-state index contributed by atoms with van der Waals surface area (Å²) < 4.78 is 0. The van der Waals surface area contributed by atoms with Crippen LogP contribution in [0.25, 0.3) is 108 Å². The maximum absolute atomic E-state index is 2.54. The summed E-state index contributed by atoms with van der Waals surface area (Å²) in [5.41, 5.74) is 13.3. The largest absolute Gasteiger partial charge is 0.0617 e. The highest BCUT2D eigenvalue weighted by Gasteiger charge is 2.25. The zero-order valence-electron chi connectivity index (χ0n) is 35.5. The van der Waals surface area contributed by atoms with Gasteiger partial charge in [-0.15, -0.1) is 0 Å². The van der Waals surface area contributed by atoms with Crippen molar-refractivity contribution in [2.45, 2.75) is 80.1 Å². The molecule has 0 nitrogen and oxygen atoms in total. The number of rotatable bonds is 2. The molecule has 11 aromatic carbocycles. The Kier molecular flexibility index (Phi) is 7.16. The van der Waals surface area contributed by atoms with Gasteiger partial charge in [0.15, 0.2) is 0 Å². The van der Waals surface area contributed by atoms with Gasteiger partial charge in [-0.2, -0.15) is 0 Å². The molecule has 0 saturated carbocycles. The Labute approximate surface area is 341 Å². The molecular weight excluding hydrogens is 697 g/mol. The SMILES string of the molecule is Cc1cccc(C)c1-c1ccc2c(c1)c1cc(C(C)(C)C)cc3c4ccc5c(cc6c7ccc(-c8c(C)cccc8C)cc7c7cc(C(C)(C)C)cc5c76)c4cc2c31. The van der Waals surface area contributed by atoms with Crippen LogP contribution in [-0.2, 0) is 10.8 Å². The third-order valence-corrected chi connectivity index (χ3v) is 13.7. The third-order valence-electron chi connectivity index (χ3n) is 13.7. The summed E-state index contributed by atoms with van der Waals surface area (Å²) in [5, 5.41) is 21.7. The van der Waals surface area contributed by atoms with Crippen LogP contribution in [-0.4, -0.2) is 0 Å². The van der Waals surface area contributed by atoms with E-state index in [1.54, 1.807) is 0 Å². The van der Waals surface area contributed by atoms with E-state index in [2.05, 4.69) is 191 Å². The third kappa shape index (κ3) is 4.88. The number of hydrogen-bond acceptors (Lipinski definition) is 0. The second-order valence-electron chi connectivity index (χ2n) is 19.6. The van der Waals surface area contributed by atoms with Gasteiger partial charge in [0, 0.05) is 0 Å². The van der Waals surface area contributed by atoms with E-state index in [9.17, 15) is 0 Å². The van der Waals surface area contributed by atoms with Gasteiger partial charge in [0.25, 0.3) is 0 Å².